The highest BCUT2D eigenvalue weighted by Crippen LogP contribution is 2.33. The number of nitrogens with zero attached hydrogens (tertiary/aromatic N) is 4. The first kappa shape index (κ1) is 23.5. The molecule has 4 aromatic rings. The van der Waals surface area contributed by atoms with Gasteiger partial charge in [-0.2, -0.15) is 5.10 Å². The lowest BCUT2D eigenvalue weighted by Crippen LogP contribution is -2.35. The average molecular weight is 496 g/mol. The van der Waals surface area contributed by atoms with Crippen LogP contribution in [0, 0.1) is 0 Å². The van der Waals surface area contributed by atoms with Crippen molar-refractivity contribution in [1.29, 1.82) is 0 Å². The molecule has 3 N–H and O–H groups in total. The number of carbonyl (C=O) groups is 1. The van der Waals surface area contributed by atoms with E-state index in [0.29, 0.717) is 37.2 Å². The Bertz CT molecular complexity index is 1310. The highest BCUT2D eigenvalue weighted by atomic mass is 32.1. The smallest absolute Gasteiger partial charge is 0.275 e. The molecule has 0 spiro atoms. The third-order valence-electron chi connectivity index (χ3n) is 6.18. The molecule has 35 heavy (non-hydrogen) atoms. The van der Waals surface area contributed by atoms with Crippen LogP contribution in [0.15, 0.2) is 46.7 Å². The number of hydrogen-bond donors (Lipinski definition) is 3. The van der Waals surface area contributed by atoms with Crippen LogP contribution < -0.4 is 10.2 Å². The Labute approximate surface area is 207 Å². The van der Waals surface area contributed by atoms with Crippen molar-refractivity contribution in [3.8, 4) is 11.1 Å². The van der Waals surface area contributed by atoms with Gasteiger partial charge in [-0.25, -0.2) is 4.98 Å². The van der Waals surface area contributed by atoms with Crippen molar-refractivity contribution in [3.05, 3.63) is 48.0 Å². The first-order valence-corrected chi connectivity index (χ1v) is 12.6. The quantitative estimate of drug-likeness (QED) is 0.353. The fraction of sp³-hybridized carbons (Fsp3) is 0.400. The molecule has 1 fully saturated rings. The van der Waals surface area contributed by atoms with Gasteiger partial charge in [-0.1, -0.05) is 0 Å². The standard InChI is InChI=1S/C25H29N5O4S/c1-25(2,33)6-9-30-13-17-11-21(19(12-20(17)28-30)16-5-10-34-14-16)26-23(32)22-15-35-24(27-22)29-7-3-18(31)4-8-29/h5,10-15,18,31,33H,3-4,6-9H2,1-2H3,(H,26,32). The molecule has 0 radical (unpaired) electrons. The zero-order chi connectivity index (χ0) is 24.6. The second-order valence-corrected chi connectivity index (χ2v) is 10.4. The Morgan fingerprint density at radius 2 is 2.11 bits per heavy atom. The average Bonchev–Trinajstić information content (AvgIpc) is 3.57. The number of rotatable bonds is 7. The Kier molecular flexibility index (Phi) is 6.35. The fourth-order valence-electron chi connectivity index (χ4n) is 4.14. The van der Waals surface area contributed by atoms with Crippen LogP contribution in [-0.2, 0) is 6.54 Å². The van der Waals surface area contributed by atoms with Gasteiger partial charge in [0.05, 0.1) is 29.7 Å². The Balaban J connectivity index is 1.40. The van der Waals surface area contributed by atoms with Crippen LogP contribution in [0.2, 0.25) is 0 Å². The van der Waals surface area contributed by atoms with E-state index >= 15 is 0 Å². The van der Waals surface area contributed by atoms with Gasteiger partial charge >= 0.3 is 0 Å². The lowest BCUT2D eigenvalue weighted by atomic mass is 10.0. The summed E-state index contributed by atoms with van der Waals surface area (Å²) in [7, 11) is 0. The summed E-state index contributed by atoms with van der Waals surface area (Å²) in [6.07, 6.45) is 6.87. The molecule has 1 aromatic carbocycles. The van der Waals surface area contributed by atoms with Gasteiger partial charge in [-0.3, -0.25) is 9.48 Å². The summed E-state index contributed by atoms with van der Waals surface area (Å²) >= 11 is 1.43. The minimum Gasteiger partial charge on any atom is -0.472 e. The van der Waals surface area contributed by atoms with Crippen LogP contribution in [-0.4, -0.2) is 55.7 Å². The van der Waals surface area contributed by atoms with Gasteiger partial charge in [-0.15, -0.1) is 11.3 Å². The van der Waals surface area contributed by atoms with E-state index in [4.69, 9.17) is 4.42 Å². The fourth-order valence-corrected chi connectivity index (χ4v) is 5.00. The number of aliphatic hydroxyl groups is 2. The topological polar surface area (TPSA) is 117 Å². The number of furan rings is 1. The van der Waals surface area contributed by atoms with Gasteiger partial charge in [0.2, 0.25) is 0 Å². The lowest BCUT2D eigenvalue weighted by molar-refractivity contribution is 0.0651. The van der Waals surface area contributed by atoms with Crippen molar-refractivity contribution < 1.29 is 19.4 Å². The van der Waals surface area contributed by atoms with Crippen LogP contribution in [0.1, 0.15) is 43.6 Å². The monoisotopic (exact) mass is 495 g/mol. The number of thiazole rings is 1. The zero-order valence-electron chi connectivity index (χ0n) is 19.8. The minimum atomic E-state index is -0.778. The van der Waals surface area contributed by atoms with E-state index in [0.717, 1.165) is 40.3 Å². The normalized spacial score (nSPS) is 15.1. The van der Waals surface area contributed by atoms with E-state index in [1.54, 1.807) is 31.8 Å². The molecule has 1 saturated heterocycles. The van der Waals surface area contributed by atoms with Crippen molar-refractivity contribution in [2.45, 2.75) is 51.4 Å². The number of aryl methyl sites for hydroxylation is 1. The molecule has 0 saturated carbocycles. The summed E-state index contributed by atoms with van der Waals surface area (Å²) < 4.78 is 7.10. The molecule has 0 aliphatic carbocycles. The van der Waals surface area contributed by atoms with Gasteiger partial charge < -0.3 is 24.8 Å². The zero-order valence-corrected chi connectivity index (χ0v) is 20.6. The predicted octanol–water partition coefficient (Wildman–Crippen LogP) is 4.13. The van der Waals surface area contributed by atoms with Crippen LogP contribution >= 0.6 is 11.3 Å². The van der Waals surface area contributed by atoms with Gasteiger partial charge in [0.25, 0.3) is 5.91 Å². The molecule has 0 bridgehead atoms. The van der Waals surface area contributed by atoms with Gasteiger partial charge in [-0.05, 0) is 51.3 Å². The highest BCUT2D eigenvalue weighted by molar-refractivity contribution is 7.14. The maximum absolute atomic E-state index is 13.1. The second-order valence-electron chi connectivity index (χ2n) is 9.61. The molecule has 0 atom stereocenters. The molecular formula is C25H29N5O4S. The molecule has 5 rings (SSSR count). The number of aliphatic hydroxyl groups excluding tert-OH is 1. The number of benzene rings is 1. The van der Waals surface area contributed by atoms with Crippen LogP contribution in [0.4, 0.5) is 10.8 Å². The van der Waals surface area contributed by atoms with Gasteiger partial charge in [0, 0.05) is 53.4 Å². The number of fused-ring (bicyclic) bond motifs is 1. The highest BCUT2D eigenvalue weighted by Gasteiger charge is 2.22. The summed E-state index contributed by atoms with van der Waals surface area (Å²) in [6.45, 7) is 5.60. The SMILES string of the molecule is CC(C)(O)CCn1cc2cc(NC(=O)c3csc(N4CCC(O)CC4)n3)c(-c3ccoc3)cc2n1. The first-order valence-electron chi connectivity index (χ1n) is 11.7. The summed E-state index contributed by atoms with van der Waals surface area (Å²) in [5.74, 6) is -0.289. The Morgan fingerprint density at radius 3 is 2.83 bits per heavy atom. The molecule has 10 heteroatoms. The molecule has 1 aliphatic heterocycles. The third-order valence-corrected chi connectivity index (χ3v) is 7.09. The molecule has 0 unspecified atom stereocenters. The molecule has 184 valence electrons. The number of anilines is 2. The number of aromatic nitrogens is 3. The van der Waals surface area contributed by atoms with Crippen molar-refractivity contribution >= 4 is 39.0 Å². The van der Waals surface area contributed by atoms with Crippen LogP contribution in [0.3, 0.4) is 0 Å². The number of carbonyl (C=O) groups excluding carboxylic acids is 1. The maximum atomic E-state index is 13.1. The van der Waals surface area contributed by atoms with Crippen molar-refractivity contribution in [2.75, 3.05) is 23.3 Å². The van der Waals surface area contributed by atoms with E-state index in [1.165, 1.54) is 11.3 Å². The Hall–Kier alpha value is -3.21. The van der Waals surface area contributed by atoms with Crippen LogP contribution in [0.25, 0.3) is 22.0 Å². The summed E-state index contributed by atoms with van der Waals surface area (Å²) in [5, 5.41) is 30.9. The molecular weight excluding hydrogens is 466 g/mol. The molecule has 4 heterocycles. The predicted molar refractivity (Wildman–Crippen MR) is 136 cm³/mol. The van der Waals surface area contributed by atoms with Crippen molar-refractivity contribution in [2.24, 2.45) is 0 Å². The Morgan fingerprint density at radius 1 is 1.31 bits per heavy atom. The van der Waals surface area contributed by atoms with Crippen LogP contribution in [0.5, 0.6) is 0 Å². The van der Waals surface area contributed by atoms with E-state index in [9.17, 15) is 15.0 Å². The van der Waals surface area contributed by atoms with E-state index in [1.807, 2.05) is 29.1 Å². The van der Waals surface area contributed by atoms with Gasteiger partial charge in [0.1, 0.15) is 5.69 Å². The second kappa shape index (κ2) is 9.44. The van der Waals surface area contributed by atoms with E-state index < -0.39 is 5.60 Å². The molecule has 9 nitrogen and oxygen atoms in total. The summed E-state index contributed by atoms with van der Waals surface area (Å²) in [4.78, 5) is 19.8. The number of hydrogen-bond acceptors (Lipinski definition) is 8. The van der Waals surface area contributed by atoms with E-state index in [-0.39, 0.29) is 12.0 Å². The molecule has 1 aliphatic rings. The molecule has 1 amide bonds. The van der Waals surface area contributed by atoms with E-state index in [2.05, 4.69) is 20.3 Å². The maximum Gasteiger partial charge on any atom is 0.275 e. The van der Waals surface area contributed by atoms with Crippen molar-refractivity contribution in [1.82, 2.24) is 14.8 Å². The number of piperidine rings is 1. The first-order chi connectivity index (χ1) is 16.7. The lowest BCUT2D eigenvalue weighted by Gasteiger charge is -2.29. The largest absolute Gasteiger partial charge is 0.472 e. The number of nitrogens with one attached hydrogen (secondary N) is 1. The minimum absolute atomic E-state index is 0.260. The number of amides is 1. The third kappa shape index (κ3) is 5.39. The van der Waals surface area contributed by atoms with Gasteiger partial charge in [0.15, 0.2) is 5.13 Å². The summed E-state index contributed by atoms with van der Waals surface area (Å²) in [6, 6.07) is 5.68. The van der Waals surface area contributed by atoms with Crippen molar-refractivity contribution in [3.63, 3.8) is 0 Å². The molecule has 3 aromatic heterocycles. The summed E-state index contributed by atoms with van der Waals surface area (Å²) in [5.41, 5.74) is 2.64.